The van der Waals surface area contributed by atoms with E-state index in [2.05, 4.69) is 25.9 Å². The maximum atomic E-state index is 15.4. The lowest BCUT2D eigenvalue weighted by molar-refractivity contribution is 0.0945. The van der Waals surface area contributed by atoms with Gasteiger partial charge in [-0.25, -0.2) is 9.07 Å². The Labute approximate surface area is 198 Å². The van der Waals surface area contributed by atoms with Gasteiger partial charge in [-0.15, -0.1) is 5.10 Å². The number of nitrogens with zero attached hydrogens (tertiary/aromatic N) is 4. The van der Waals surface area contributed by atoms with Gasteiger partial charge in [-0.3, -0.25) is 9.78 Å². The van der Waals surface area contributed by atoms with Gasteiger partial charge in [-0.1, -0.05) is 17.3 Å². The number of benzene rings is 1. The first-order valence-electron chi connectivity index (χ1n) is 11.5. The monoisotopic (exact) mass is 466 g/mol. The lowest BCUT2D eigenvalue weighted by atomic mass is 9.98. The molecule has 4 rings (SSSR count). The molecule has 3 aromatic rings. The second-order valence-electron chi connectivity index (χ2n) is 9.65. The Morgan fingerprint density at radius 2 is 2.12 bits per heavy atom. The number of pyridine rings is 1. The van der Waals surface area contributed by atoms with Crippen molar-refractivity contribution in [3.05, 3.63) is 59.4 Å². The molecule has 180 valence electrons. The first-order chi connectivity index (χ1) is 16.2. The molecule has 1 amide bonds. The van der Waals surface area contributed by atoms with Crippen molar-refractivity contribution in [2.45, 2.75) is 46.2 Å². The second kappa shape index (κ2) is 9.89. The molecule has 0 radical (unpaired) electrons. The van der Waals surface area contributed by atoms with E-state index in [1.807, 2.05) is 26.8 Å². The van der Waals surface area contributed by atoms with Crippen molar-refractivity contribution in [3.63, 3.8) is 0 Å². The van der Waals surface area contributed by atoms with Crippen LogP contribution in [0.1, 0.15) is 48.8 Å². The van der Waals surface area contributed by atoms with E-state index in [4.69, 9.17) is 4.74 Å². The van der Waals surface area contributed by atoms with Crippen molar-refractivity contribution in [2.24, 2.45) is 5.92 Å². The summed E-state index contributed by atoms with van der Waals surface area (Å²) in [5, 5.41) is 14.1. The largest absolute Gasteiger partial charge is 0.491 e. The van der Waals surface area contributed by atoms with Crippen LogP contribution < -0.4 is 15.4 Å². The summed E-state index contributed by atoms with van der Waals surface area (Å²) in [5.41, 5.74) is 2.22. The number of carbonyl (C=O) groups is 1. The second-order valence-corrected chi connectivity index (χ2v) is 9.65. The van der Waals surface area contributed by atoms with Crippen LogP contribution in [0.5, 0.6) is 5.75 Å². The average molecular weight is 467 g/mol. The fourth-order valence-electron chi connectivity index (χ4n) is 3.87. The number of aromatic nitrogens is 4. The predicted molar refractivity (Wildman–Crippen MR) is 127 cm³/mol. The molecule has 0 aliphatic carbocycles. The Morgan fingerprint density at radius 1 is 1.29 bits per heavy atom. The van der Waals surface area contributed by atoms with Crippen LogP contribution in [-0.2, 0) is 12.1 Å². The van der Waals surface area contributed by atoms with Crippen molar-refractivity contribution in [1.82, 2.24) is 30.6 Å². The molecule has 9 heteroatoms. The average Bonchev–Trinajstić information content (AvgIpc) is 3.51. The third-order valence-electron chi connectivity index (χ3n) is 6.06. The van der Waals surface area contributed by atoms with E-state index in [1.54, 1.807) is 42.3 Å². The standard InChI is InChI=1S/C25H31FN6O2/c1-16-18(12-29-24(33)21-14-32(31-30-21)25(2,3)4)5-6-20(23(16)26)19-8-10-28-13-22(19)34-15-17-7-9-27-11-17/h5-6,8,10,13-14,17,27H,7,9,11-12,15H2,1-4H3,(H,29,33). The highest BCUT2D eigenvalue weighted by Crippen LogP contribution is 2.33. The van der Waals surface area contributed by atoms with Crippen LogP contribution in [0, 0.1) is 18.7 Å². The van der Waals surface area contributed by atoms with E-state index in [9.17, 15) is 4.79 Å². The predicted octanol–water partition coefficient (Wildman–Crippen LogP) is 3.46. The summed E-state index contributed by atoms with van der Waals surface area (Å²) in [6.45, 7) is 10.3. The van der Waals surface area contributed by atoms with Gasteiger partial charge in [0, 0.05) is 36.3 Å². The highest BCUT2D eigenvalue weighted by atomic mass is 19.1. The summed E-state index contributed by atoms with van der Waals surface area (Å²) in [5.74, 6) is 0.306. The summed E-state index contributed by atoms with van der Waals surface area (Å²) in [6.07, 6.45) is 5.94. The van der Waals surface area contributed by atoms with Crippen molar-refractivity contribution >= 4 is 5.91 Å². The molecule has 2 aromatic heterocycles. The highest BCUT2D eigenvalue weighted by Gasteiger charge is 2.20. The number of halogens is 1. The van der Waals surface area contributed by atoms with Crippen LogP contribution in [0.15, 0.2) is 36.8 Å². The molecule has 1 fully saturated rings. The Hall–Kier alpha value is -3.33. The minimum atomic E-state index is -0.356. The molecule has 1 atom stereocenters. The first kappa shape index (κ1) is 23.8. The number of ether oxygens (including phenoxy) is 1. The Kier molecular flexibility index (Phi) is 6.92. The molecular weight excluding hydrogens is 435 g/mol. The SMILES string of the molecule is Cc1c(CNC(=O)c2cn(C(C)(C)C)nn2)ccc(-c2ccncc2OCC2CCNC2)c1F. The zero-order chi connectivity index (χ0) is 24.3. The van der Waals surface area contributed by atoms with Gasteiger partial charge >= 0.3 is 0 Å². The van der Waals surface area contributed by atoms with Gasteiger partial charge in [-0.2, -0.15) is 0 Å². The van der Waals surface area contributed by atoms with E-state index < -0.39 is 0 Å². The fourth-order valence-corrected chi connectivity index (χ4v) is 3.87. The molecule has 0 spiro atoms. The zero-order valence-corrected chi connectivity index (χ0v) is 20.1. The topological polar surface area (TPSA) is 94.0 Å². The van der Waals surface area contributed by atoms with Crippen LogP contribution in [0.25, 0.3) is 11.1 Å². The zero-order valence-electron chi connectivity index (χ0n) is 20.1. The minimum absolute atomic E-state index is 0.179. The van der Waals surface area contributed by atoms with Crippen molar-refractivity contribution in [3.8, 4) is 16.9 Å². The van der Waals surface area contributed by atoms with Crippen LogP contribution in [0.4, 0.5) is 4.39 Å². The van der Waals surface area contributed by atoms with Gasteiger partial charge in [0.1, 0.15) is 11.6 Å². The van der Waals surface area contributed by atoms with E-state index in [0.717, 1.165) is 19.5 Å². The molecule has 34 heavy (non-hydrogen) atoms. The van der Waals surface area contributed by atoms with Gasteiger partial charge in [0.2, 0.25) is 0 Å². The molecule has 1 unspecified atom stereocenters. The smallest absolute Gasteiger partial charge is 0.273 e. The van der Waals surface area contributed by atoms with Crippen LogP contribution in [-0.4, -0.2) is 45.6 Å². The summed E-state index contributed by atoms with van der Waals surface area (Å²) in [7, 11) is 0. The Morgan fingerprint density at radius 3 is 2.82 bits per heavy atom. The van der Waals surface area contributed by atoms with Gasteiger partial charge in [0.05, 0.1) is 24.5 Å². The lowest BCUT2D eigenvalue weighted by Gasteiger charge is -2.17. The molecule has 3 heterocycles. The van der Waals surface area contributed by atoms with Gasteiger partial charge < -0.3 is 15.4 Å². The fraction of sp³-hybridized carbons (Fsp3) is 0.440. The summed E-state index contributed by atoms with van der Waals surface area (Å²) < 4.78 is 23.1. The number of hydrogen-bond acceptors (Lipinski definition) is 6. The molecule has 1 aliphatic heterocycles. The van der Waals surface area contributed by atoms with Gasteiger partial charge in [0.15, 0.2) is 5.69 Å². The normalized spacial score (nSPS) is 16.0. The van der Waals surface area contributed by atoms with E-state index >= 15 is 4.39 Å². The molecule has 8 nitrogen and oxygen atoms in total. The number of carbonyl (C=O) groups excluding carboxylic acids is 1. The van der Waals surface area contributed by atoms with Gasteiger partial charge in [-0.05, 0) is 57.9 Å². The van der Waals surface area contributed by atoms with E-state index in [1.165, 1.54) is 0 Å². The maximum Gasteiger partial charge on any atom is 0.273 e. The van der Waals surface area contributed by atoms with Crippen molar-refractivity contribution in [1.29, 1.82) is 0 Å². The number of rotatable bonds is 7. The molecular formula is C25H31FN6O2. The van der Waals surface area contributed by atoms with E-state index in [0.29, 0.717) is 40.5 Å². The van der Waals surface area contributed by atoms with Gasteiger partial charge in [0.25, 0.3) is 5.91 Å². The third kappa shape index (κ3) is 5.25. The number of amides is 1. The van der Waals surface area contributed by atoms with Crippen LogP contribution in [0.3, 0.4) is 0 Å². The summed E-state index contributed by atoms with van der Waals surface area (Å²) in [4.78, 5) is 16.7. The summed E-state index contributed by atoms with van der Waals surface area (Å²) >= 11 is 0. The molecule has 0 saturated carbocycles. The van der Waals surface area contributed by atoms with Crippen LogP contribution in [0.2, 0.25) is 0 Å². The molecule has 2 N–H and O–H groups in total. The quantitative estimate of drug-likeness (QED) is 0.554. The lowest BCUT2D eigenvalue weighted by Crippen LogP contribution is -2.24. The van der Waals surface area contributed by atoms with Crippen molar-refractivity contribution < 1.29 is 13.9 Å². The Bertz CT molecular complexity index is 1160. The third-order valence-corrected chi connectivity index (χ3v) is 6.06. The van der Waals surface area contributed by atoms with Crippen LogP contribution >= 0.6 is 0 Å². The number of nitrogens with one attached hydrogen (secondary N) is 2. The van der Waals surface area contributed by atoms with Crippen molar-refractivity contribution in [2.75, 3.05) is 19.7 Å². The first-order valence-corrected chi connectivity index (χ1v) is 11.5. The number of hydrogen-bond donors (Lipinski definition) is 2. The molecule has 0 bridgehead atoms. The molecule has 1 saturated heterocycles. The van der Waals surface area contributed by atoms with E-state index in [-0.39, 0.29) is 29.5 Å². The minimum Gasteiger partial charge on any atom is -0.491 e. The Balaban J connectivity index is 1.47. The molecule has 1 aliphatic rings. The molecule has 1 aromatic carbocycles. The summed E-state index contributed by atoms with van der Waals surface area (Å²) in [6, 6.07) is 5.31. The highest BCUT2D eigenvalue weighted by molar-refractivity contribution is 5.91. The maximum absolute atomic E-state index is 15.4.